The first-order chi connectivity index (χ1) is 14.8. The van der Waals surface area contributed by atoms with Crippen LogP contribution in [0.3, 0.4) is 0 Å². The van der Waals surface area contributed by atoms with E-state index in [1.807, 2.05) is 54.6 Å². The molecule has 0 aliphatic rings. The van der Waals surface area contributed by atoms with E-state index < -0.39 is 0 Å². The molecule has 6 rings (SSSR count). The maximum Gasteiger partial charge on any atom is 0.223 e. The lowest BCUT2D eigenvalue weighted by molar-refractivity contribution is 0.670. The molecule has 0 unspecified atom stereocenters. The lowest BCUT2D eigenvalue weighted by Crippen LogP contribution is -1.92. The smallest absolute Gasteiger partial charge is 0.223 e. The van der Waals surface area contributed by atoms with Crippen molar-refractivity contribution in [2.75, 3.05) is 0 Å². The van der Waals surface area contributed by atoms with Crippen molar-refractivity contribution < 1.29 is 4.42 Å². The molecule has 0 bridgehead atoms. The highest BCUT2D eigenvalue weighted by Crippen LogP contribution is 2.39. The number of rotatable bonds is 2. The van der Waals surface area contributed by atoms with Crippen LogP contribution >= 0.6 is 11.6 Å². The van der Waals surface area contributed by atoms with Crippen molar-refractivity contribution in [3.8, 4) is 22.5 Å². The minimum absolute atomic E-state index is 0.213. The first-order valence-corrected chi connectivity index (χ1v) is 10.1. The van der Waals surface area contributed by atoms with Crippen molar-refractivity contribution >= 4 is 44.3 Å². The van der Waals surface area contributed by atoms with E-state index in [2.05, 4.69) is 46.4 Å². The van der Waals surface area contributed by atoms with Gasteiger partial charge < -0.3 is 4.42 Å². The second-order valence-corrected chi connectivity index (χ2v) is 7.56. The molecular weight excluding hydrogens is 392 g/mol. The second kappa shape index (κ2) is 6.68. The molecule has 0 fully saturated rings. The van der Waals surface area contributed by atoms with Crippen LogP contribution in [0.25, 0.3) is 55.2 Å². The molecule has 0 spiro atoms. The minimum Gasteiger partial charge on any atom is -0.455 e. The fourth-order valence-electron chi connectivity index (χ4n) is 4.08. The molecular formula is C26H15ClN2O. The van der Waals surface area contributed by atoms with Crippen LogP contribution in [0.15, 0.2) is 95.4 Å². The van der Waals surface area contributed by atoms with Crippen LogP contribution in [0, 0.1) is 0 Å². The van der Waals surface area contributed by atoms with E-state index in [0.29, 0.717) is 0 Å². The number of aromatic nitrogens is 2. The zero-order valence-corrected chi connectivity index (χ0v) is 16.6. The molecule has 0 N–H and O–H groups in total. The van der Waals surface area contributed by atoms with Crippen LogP contribution < -0.4 is 0 Å². The number of halogens is 1. The predicted molar refractivity (Wildman–Crippen MR) is 123 cm³/mol. The van der Waals surface area contributed by atoms with Crippen molar-refractivity contribution in [2.45, 2.75) is 0 Å². The third kappa shape index (κ3) is 2.67. The van der Waals surface area contributed by atoms with E-state index in [1.165, 1.54) is 10.8 Å². The number of benzene rings is 4. The molecule has 0 saturated heterocycles. The molecule has 30 heavy (non-hydrogen) atoms. The van der Waals surface area contributed by atoms with Crippen LogP contribution in [0.4, 0.5) is 0 Å². The second-order valence-electron chi connectivity index (χ2n) is 7.22. The molecule has 4 heteroatoms. The summed E-state index contributed by atoms with van der Waals surface area (Å²) in [4.78, 5) is 8.92. The highest BCUT2D eigenvalue weighted by atomic mass is 35.5. The molecule has 0 saturated carbocycles. The summed E-state index contributed by atoms with van der Waals surface area (Å²) < 4.78 is 6.33. The minimum atomic E-state index is 0.213. The van der Waals surface area contributed by atoms with E-state index in [-0.39, 0.29) is 5.28 Å². The maximum atomic E-state index is 6.33. The van der Waals surface area contributed by atoms with Gasteiger partial charge in [0.15, 0.2) is 0 Å². The molecule has 2 aromatic heterocycles. The Bertz CT molecular complexity index is 1550. The van der Waals surface area contributed by atoms with Gasteiger partial charge >= 0.3 is 0 Å². The zero-order valence-electron chi connectivity index (χ0n) is 15.8. The van der Waals surface area contributed by atoms with Gasteiger partial charge in [0.2, 0.25) is 5.28 Å². The Hall–Kier alpha value is -3.69. The number of hydrogen-bond acceptors (Lipinski definition) is 3. The van der Waals surface area contributed by atoms with E-state index in [4.69, 9.17) is 16.0 Å². The van der Waals surface area contributed by atoms with Crippen molar-refractivity contribution in [3.63, 3.8) is 0 Å². The number of fused-ring (bicyclic) bond motifs is 5. The molecule has 3 nitrogen and oxygen atoms in total. The van der Waals surface area contributed by atoms with Crippen LogP contribution in [0.5, 0.6) is 0 Å². The first kappa shape index (κ1) is 17.2. The van der Waals surface area contributed by atoms with Gasteiger partial charge in [-0.1, -0.05) is 72.8 Å². The summed E-state index contributed by atoms with van der Waals surface area (Å²) in [6.07, 6.45) is 0. The van der Waals surface area contributed by atoms with Gasteiger partial charge in [0.25, 0.3) is 0 Å². The standard InChI is InChI=1S/C26H15ClN2O/c27-26-28-21(17-8-2-1-3-9-17)15-22(29-26)19-11-6-12-20-24-18-10-5-4-7-16(18)13-14-23(24)30-25(19)20/h1-15H. The van der Waals surface area contributed by atoms with Crippen molar-refractivity contribution in [2.24, 2.45) is 0 Å². The van der Waals surface area contributed by atoms with E-state index in [0.717, 1.165) is 44.5 Å². The number of hydrogen-bond donors (Lipinski definition) is 0. The number of furan rings is 1. The van der Waals surface area contributed by atoms with Crippen LogP contribution in [-0.2, 0) is 0 Å². The number of nitrogens with zero attached hydrogens (tertiary/aromatic N) is 2. The molecule has 4 aromatic carbocycles. The lowest BCUT2D eigenvalue weighted by atomic mass is 10.0. The van der Waals surface area contributed by atoms with Gasteiger partial charge in [0, 0.05) is 21.9 Å². The summed E-state index contributed by atoms with van der Waals surface area (Å²) in [6, 6.07) is 30.6. The van der Waals surface area contributed by atoms with Crippen molar-refractivity contribution in [1.82, 2.24) is 9.97 Å². The third-order valence-corrected chi connectivity index (χ3v) is 5.60. The van der Waals surface area contributed by atoms with E-state index in [9.17, 15) is 0 Å². The summed E-state index contributed by atoms with van der Waals surface area (Å²) in [6.45, 7) is 0. The Morgan fingerprint density at radius 3 is 2.33 bits per heavy atom. The molecule has 0 atom stereocenters. The van der Waals surface area contributed by atoms with Gasteiger partial charge in [-0.25, -0.2) is 9.97 Å². The van der Waals surface area contributed by atoms with Gasteiger partial charge in [0.05, 0.1) is 11.4 Å². The Labute approximate surface area is 177 Å². The van der Waals surface area contributed by atoms with Gasteiger partial charge in [-0.15, -0.1) is 0 Å². The van der Waals surface area contributed by atoms with Crippen molar-refractivity contribution in [3.05, 3.63) is 96.3 Å². The summed E-state index contributed by atoms with van der Waals surface area (Å²) in [5.74, 6) is 0. The number of para-hydroxylation sites is 1. The molecule has 0 radical (unpaired) electrons. The topological polar surface area (TPSA) is 38.9 Å². The Balaban J connectivity index is 1.64. The molecule has 6 aromatic rings. The van der Waals surface area contributed by atoms with Crippen LogP contribution in [0.1, 0.15) is 0 Å². The monoisotopic (exact) mass is 406 g/mol. The molecule has 0 amide bonds. The Morgan fingerprint density at radius 2 is 1.43 bits per heavy atom. The van der Waals surface area contributed by atoms with Crippen molar-refractivity contribution in [1.29, 1.82) is 0 Å². The van der Waals surface area contributed by atoms with Crippen LogP contribution in [-0.4, -0.2) is 9.97 Å². The molecule has 0 aliphatic heterocycles. The van der Waals surface area contributed by atoms with Crippen LogP contribution in [0.2, 0.25) is 5.28 Å². The summed E-state index contributed by atoms with van der Waals surface area (Å²) >= 11 is 6.30. The summed E-state index contributed by atoms with van der Waals surface area (Å²) in [7, 11) is 0. The molecule has 0 aliphatic carbocycles. The van der Waals surface area contributed by atoms with Gasteiger partial charge in [-0.2, -0.15) is 0 Å². The maximum absolute atomic E-state index is 6.33. The fourth-order valence-corrected chi connectivity index (χ4v) is 4.26. The predicted octanol–water partition coefficient (Wildman–Crippen LogP) is 7.52. The lowest BCUT2D eigenvalue weighted by Gasteiger charge is -2.06. The fraction of sp³-hybridized carbons (Fsp3) is 0. The molecule has 142 valence electrons. The van der Waals surface area contributed by atoms with E-state index in [1.54, 1.807) is 0 Å². The summed E-state index contributed by atoms with van der Waals surface area (Å²) in [5.41, 5.74) is 5.07. The molecule has 2 heterocycles. The average Bonchev–Trinajstić information content (AvgIpc) is 3.18. The summed E-state index contributed by atoms with van der Waals surface area (Å²) in [5, 5.41) is 4.76. The Kier molecular flexibility index (Phi) is 3.83. The third-order valence-electron chi connectivity index (χ3n) is 5.43. The highest BCUT2D eigenvalue weighted by Gasteiger charge is 2.16. The highest BCUT2D eigenvalue weighted by molar-refractivity contribution is 6.28. The Morgan fingerprint density at radius 1 is 0.667 bits per heavy atom. The largest absolute Gasteiger partial charge is 0.455 e. The average molecular weight is 407 g/mol. The van der Waals surface area contributed by atoms with E-state index >= 15 is 0 Å². The zero-order chi connectivity index (χ0) is 20.1. The quantitative estimate of drug-likeness (QED) is 0.279. The normalized spacial score (nSPS) is 11.5. The van der Waals surface area contributed by atoms with Gasteiger partial charge in [0.1, 0.15) is 11.2 Å². The first-order valence-electron chi connectivity index (χ1n) is 9.71. The van der Waals surface area contributed by atoms with Gasteiger partial charge in [-0.05, 0) is 40.6 Å². The van der Waals surface area contributed by atoms with Gasteiger partial charge in [-0.3, -0.25) is 0 Å². The SMILES string of the molecule is Clc1nc(-c2ccccc2)cc(-c2cccc3c2oc2ccc4ccccc4c23)n1.